The van der Waals surface area contributed by atoms with Crippen molar-refractivity contribution in [3.05, 3.63) is 0 Å². The first-order valence-corrected chi connectivity index (χ1v) is 4.34. The molecular formula is C9H20ClNO2. The quantitative estimate of drug-likeness (QED) is 0.700. The van der Waals surface area contributed by atoms with E-state index in [-0.39, 0.29) is 24.4 Å². The molecule has 0 saturated heterocycles. The predicted octanol–water partition coefficient (Wildman–Crippen LogP) is 1.61. The third-order valence-corrected chi connectivity index (χ3v) is 1.80. The highest BCUT2D eigenvalue weighted by atomic mass is 35.5. The molecule has 0 unspecified atom stereocenters. The fraction of sp³-hybridized carbons (Fsp3) is 0.889. The van der Waals surface area contributed by atoms with E-state index in [0.29, 0.717) is 12.3 Å². The average molecular weight is 210 g/mol. The lowest BCUT2D eigenvalue weighted by Gasteiger charge is -2.16. The van der Waals surface area contributed by atoms with E-state index >= 15 is 0 Å². The summed E-state index contributed by atoms with van der Waals surface area (Å²) in [6.07, 6.45) is 1.47. The smallest absolute Gasteiger partial charge is 0.307 e. The van der Waals surface area contributed by atoms with E-state index in [2.05, 4.69) is 23.9 Å². The van der Waals surface area contributed by atoms with E-state index in [4.69, 9.17) is 0 Å². The van der Waals surface area contributed by atoms with Crippen LogP contribution in [0.2, 0.25) is 0 Å². The van der Waals surface area contributed by atoms with Gasteiger partial charge in [0.1, 0.15) is 0 Å². The molecule has 0 radical (unpaired) electrons. The van der Waals surface area contributed by atoms with Crippen LogP contribution >= 0.6 is 12.4 Å². The summed E-state index contributed by atoms with van der Waals surface area (Å²) in [7, 11) is 3.29. The second-order valence-electron chi connectivity index (χ2n) is 3.40. The Balaban J connectivity index is 0. The Hall–Kier alpha value is -0.280. The molecule has 0 saturated carbocycles. The molecular weight excluding hydrogens is 190 g/mol. The van der Waals surface area contributed by atoms with Crippen LogP contribution in [0.5, 0.6) is 0 Å². The maximum atomic E-state index is 10.9. The standard InChI is InChI=1S/C9H19NO2.ClH/c1-7(2)5-8(10-3)6-9(11)12-4;/h7-8,10H,5-6H2,1-4H3;1H/t8-;/m0./s1. The lowest BCUT2D eigenvalue weighted by molar-refractivity contribution is -0.141. The van der Waals surface area contributed by atoms with E-state index < -0.39 is 0 Å². The summed E-state index contributed by atoms with van der Waals surface area (Å²) in [5.74, 6) is 0.460. The third kappa shape index (κ3) is 8.06. The van der Waals surface area contributed by atoms with Crippen molar-refractivity contribution >= 4 is 18.4 Å². The number of hydrogen-bond acceptors (Lipinski definition) is 3. The van der Waals surface area contributed by atoms with Crippen LogP contribution in [0.25, 0.3) is 0 Å². The summed E-state index contributed by atoms with van der Waals surface area (Å²) in [4.78, 5) is 10.9. The Labute approximate surface area is 86.6 Å². The summed E-state index contributed by atoms with van der Waals surface area (Å²) in [6.45, 7) is 4.28. The number of carbonyl (C=O) groups excluding carboxylic acids is 1. The zero-order chi connectivity index (χ0) is 9.56. The van der Waals surface area contributed by atoms with E-state index in [9.17, 15) is 4.79 Å². The van der Waals surface area contributed by atoms with Crippen molar-refractivity contribution in [1.82, 2.24) is 5.32 Å². The molecule has 0 aliphatic rings. The van der Waals surface area contributed by atoms with E-state index in [0.717, 1.165) is 6.42 Å². The lowest BCUT2D eigenvalue weighted by atomic mass is 10.0. The van der Waals surface area contributed by atoms with Crippen molar-refractivity contribution in [2.45, 2.75) is 32.7 Å². The number of esters is 1. The van der Waals surface area contributed by atoms with Gasteiger partial charge < -0.3 is 10.1 Å². The maximum Gasteiger partial charge on any atom is 0.307 e. The first kappa shape index (κ1) is 15.2. The summed E-state index contributed by atoms with van der Waals surface area (Å²) < 4.78 is 4.59. The van der Waals surface area contributed by atoms with Crippen molar-refractivity contribution < 1.29 is 9.53 Å². The van der Waals surface area contributed by atoms with Gasteiger partial charge in [-0.25, -0.2) is 0 Å². The Bertz CT molecular complexity index is 140. The Morgan fingerprint density at radius 2 is 2.00 bits per heavy atom. The first-order valence-electron chi connectivity index (χ1n) is 4.34. The average Bonchev–Trinajstić information content (AvgIpc) is 2.02. The molecule has 0 heterocycles. The third-order valence-electron chi connectivity index (χ3n) is 1.80. The number of hydrogen-bond donors (Lipinski definition) is 1. The summed E-state index contributed by atoms with van der Waals surface area (Å²) in [5.41, 5.74) is 0. The molecule has 0 aliphatic heterocycles. The van der Waals surface area contributed by atoms with Crippen molar-refractivity contribution in [3.63, 3.8) is 0 Å². The fourth-order valence-electron chi connectivity index (χ4n) is 1.16. The van der Waals surface area contributed by atoms with Crippen molar-refractivity contribution in [2.75, 3.05) is 14.2 Å². The Morgan fingerprint density at radius 1 is 1.46 bits per heavy atom. The molecule has 0 aromatic carbocycles. The van der Waals surface area contributed by atoms with Crippen LogP contribution in [0.4, 0.5) is 0 Å². The van der Waals surface area contributed by atoms with Gasteiger partial charge in [0.2, 0.25) is 0 Å². The van der Waals surface area contributed by atoms with Crippen LogP contribution in [-0.2, 0) is 9.53 Å². The van der Waals surface area contributed by atoms with Gasteiger partial charge in [0.15, 0.2) is 0 Å². The summed E-state index contributed by atoms with van der Waals surface area (Å²) in [6, 6.07) is 0.248. The molecule has 80 valence electrons. The number of rotatable bonds is 5. The molecule has 0 amide bonds. The fourth-order valence-corrected chi connectivity index (χ4v) is 1.16. The number of ether oxygens (including phenoxy) is 1. The van der Waals surface area contributed by atoms with Crippen LogP contribution in [0.1, 0.15) is 26.7 Å². The first-order chi connectivity index (χ1) is 5.60. The summed E-state index contributed by atoms with van der Waals surface area (Å²) >= 11 is 0. The number of carbonyl (C=O) groups is 1. The highest BCUT2D eigenvalue weighted by Gasteiger charge is 2.13. The SMILES string of the molecule is CN[C@H](CC(=O)OC)CC(C)C.Cl. The second-order valence-corrected chi connectivity index (χ2v) is 3.40. The van der Waals surface area contributed by atoms with Crippen LogP contribution in [0.3, 0.4) is 0 Å². The normalized spacial score (nSPS) is 12.1. The van der Waals surface area contributed by atoms with Gasteiger partial charge >= 0.3 is 5.97 Å². The van der Waals surface area contributed by atoms with Gasteiger partial charge in [0.05, 0.1) is 13.5 Å². The van der Waals surface area contributed by atoms with Crippen molar-refractivity contribution in [2.24, 2.45) is 5.92 Å². The van der Waals surface area contributed by atoms with Crippen LogP contribution in [-0.4, -0.2) is 26.2 Å². The highest BCUT2D eigenvalue weighted by Crippen LogP contribution is 2.07. The van der Waals surface area contributed by atoms with Crippen molar-refractivity contribution in [1.29, 1.82) is 0 Å². The van der Waals surface area contributed by atoms with Gasteiger partial charge in [-0.15, -0.1) is 12.4 Å². The van der Waals surface area contributed by atoms with Crippen LogP contribution < -0.4 is 5.32 Å². The zero-order valence-corrected chi connectivity index (χ0v) is 9.61. The van der Waals surface area contributed by atoms with E-state index in [1.54, 1.807) is 0 Å². The Morgan fingerprint density at radius 3 is 2.31 bits per heavy atom. The van der Waals surface area contributed by atoms with Gasteiger partial charge in [0, 0.05) is 6.04 Å². The molecule has 0 aromatic rings. The van der Waals surface area contributed by atoms with Gasteiger partial charge in [-0.3, -0.25) is 4.79 Å². The second kappa shape index (κ2) is 8.32. The van der Waals surface area contributed by atoms with Gasteiger partial charge in [-0.05, 0) is 19.4 Å². The minimum absolute atomic E-state index is 0. The van der Waals surface area contributed by atoms with Gasteiger partial charge in [-0.1, -0.05) is 13.8 Å². The molecule has 0 aromatic heterocycles. The van der Waals surface area contributed by atoms with Gasteiger partial charge in [-0.2, -0.15) is 0 Å². The molecule has 0 bridgehead atoms. The monoisotopic (exact) mass is 209 g/mol. The van der Waals surface area contributed by atoms with Crippen LogP contribution in [0, 0.1) is 5.92 Å². The number of methoxy groups -OCH3 is 1. The maximum absolute atomic E-state index is 10.9. The Kier molecular flexibility index (Phi) is 9.74. The number of nitrogens with one attached hydrogen (secondary N) is 1. The minimum Gasteiger partial charge on any atom is -0.469 e. The molecule has 0 fully saturated rings. The van der Waals surface area contributed by atoms with E-state index in [1.165, 1.54) is 7.11 Å². The molecule has 1 N–H and O–H groups in total. The van der Waals surface area contributed by atoms with Crippen LogP contribution in [0.15, 0.2) is 0 Å². The topological polar surface area (TPSA) is 38.3 Å². The predicted molar refractivity (Wildman–Crippen MR) is 56.2 cm³/mol. The molecule has 0 aliphatic carbocycles. The lowest BCUT2D eigenvalue weighted by Crippen LogP contribution is -2.29. The molecule has 1 atom stereocenters. The number of halogens is 1. The largest absolute Gasteiger partial charge is 0.469 e. The van der Waals surface area contributed by atoms with Gasteiger partial charge in [0.25, 0.3) is 0 Å². The highest BCUT2D eigenvalue weighted by molar-refractivity contribution is 5.85. The molecule has 0 spiro atoms. The molecule has 3 nitrogen and oxygen atoms in total. The van der Waals surface area contributed by atoms with E-state index in [1.807, 2.05) is 7.05 Å². The zero-order valence-electron chi connectivity index (χ0n) is 8.79. The molecule has 4 heteroatoms. The minimum atomic E-state index is -0.144. The molecule has 13 heavy (non-hydrogen) atoms. The summed E-state index contributed by atoms with van der Waals surface area (Å²) in [5, 5.41) is 3.10. The van der Waals surface area contributed by atoms with Crippen molar-refractivity contribution in [3.8, 4) is 0 Å². The molecule has 0 rings (SSSR count).